The number of benzene rings is 2. The first kappa shape index (κ1) is 19.8. The highest BCUT2D eigenvalue weighted by atomic mass is 32.2. The molecule has 1 N–H and O–H groups in total. The van der Waals surface area contributed by atoms with E-state index < -0.39 is 34.6 Å². The number of halogens is 3. The van der Waals surface area contributed by atoms with E-state index in [0.29, 0.717) is 6.07 Å². The van der Waals surface area contributed by atoms with Gasteiger partial charge in [0.1, 0.15) is 22.7 Å². The number of amides is 1. The maximum absolute atomic E-state index is 14.0. The molecule has 0 saturated carbocycles. The fourth-order valence-electron chi connectivity index (χ4n) is 2.04. The lowest BCUT2D eigenvalue weighted by molar-refractivity contribution is -0.142. The highest BCUT2D eigenvalue weighted by Crippen LogP contribution is 2.31. The summed E-state index contributed by atoms with van der Waals surface area (Å²) in [7, 11) is 0. The summed E-state index contributed by atoms with van der Waals surface area (Å²) in [5.41, 5.74) is -0.290. The van der Waals surface area contributed by atoms with Gasteiger partial charge in [-0.2, -0.15) is 0 Å². The van der Waals surface area contributed by atoms with Crippen LogP contribution >= 0.6 is 11.8 Å². The third-order valence-corrected chi connectivity index (χ3v) is 4.39. The third kappa shape index (κ3) is 5.01. The quantitative estimate of drug-likeness (QED) is 0.593. The summed E-state index contributed by atoms with van der Waals surface area (Å²) in [5, 5.41) is 1.55. The van der Waals surface area contributed by atoms with Crippen molar-refractivity contribution in [2.45, 2.75) is 24.0 Å². The molecule has 8 heteroatoms. The molecule has 0 radical (unpaired) electrons. The maximum atomic E-state index is 14.0. The van der Waals surface area contributed by atoms with Crippen LogP contribution in [0.5, 0.6) is 0 Å². The van der Waals surface area contributed by atoms with Crippen LogP contribution in [0.1, 0.15) is 24.2 Å². The van der Waals surface area contributed by atoms with Gasteiger partial charge in [-0.3, -0.25) is 9.59 Å². The van der Waals surface area contributed by atoms with E-state index in [1.54, 1.807) is 6.92 Å². The Bertz CT molecular complexity index is 829. The van der Waals surface area contributed by atoms with E-state index in [9.17, 15) is 22.8 Å². The van der Waals surface area contributed by atoms with E-state index in [1.807, 2.05) is 0 Å². The molecule has 0 aromatic heterocycles. The van der Waals surface area contributed by atoms with Crippen LogP contribution in [0, 0.1) is 17.5 Å². The Labute approximate surface area is 152 Å². The molecule has 2 aromatic rings. The van der Waals surface area contributed by atoms with Crippen molar-refractivity contribution < 1.29 is 27.5 Å². The van der Waals surface area contributed by atoms with Crippen LogP contribution in [-0.4, -0.2) is 23.7 Å². The number of thioether (sulfide) groups is 1. The molecule has 0 bridgehead atoms. The fraction of sp³-hybridized carbons (Fsp3) is 0.222. The number of anilines is 1. The number of rotatable bonds is 6. The van der Waals surface area contributed by atoms with Gasteiger partial charge < -0.3 is 10.1 Å². The summed E-state index contributed by atoms with van der Waals surface area (Å²) < 4.78 is 46.0. The Morgan fingerprint density at radius 3 is 2.54 bits per heavy atom. The average Bonchev–Trinajstić information content (AvgIpc) is 2.59. The molecule has 0 aliphatic rings. The van der Waals surface area contributed by atoms with Gasteiger partial charge in [0.05, 0.1) is 12.3 Å². The Balaban J connectivity index is 2.21. The molecule has 1 amide bonds. The van der Waals surface area contributed by atoms with Gasteiger partial charge in [-0.1, -0.05) is 6.07 Å². The summed E-state index contributed by atoms with van der Waals surface area (Å²) >= 11 is 0.839. The predicted octanol–water partition coefficient (Wildman–Crippen LogP) is 4.40. The summed E-state index contributed by atoms with van der Waals surface area (Å²) in [6.07, 6.45) is 0. The van der Waals surface area contributed by atoms with Crippen molar-refractivity contribution in [3.05, 3.63) is 59.4 Å². The summed E-state index contributed by atoms with van der Waals surface area (Å²) in [6, 6.07) is 6.56. The molecule has 4 nitrogen and oxygen atoms in total. The minimum Gasteiger partial charge on any atom is -0.465 e. The number of hydrogen-bond donors (Lipinski definition) is 1. The molecule has 0 aliphatic carbocycles. The predicted molar refractivity (Wildman–Crippen MR) is 92.7 cm³/mol. The fourth-order valence-corrected chi connectivity index (χ4v) is 2.94. The van der Waals surface area contributed by atoms with Crippen LogP contribution in [-0.2, 0) is 9.53 Å². The molecule has 0 aliphatic heterocycles. The van der Waals surface area contributed by atoms with Crippen LogP contribution in [0.3, 0.4) is 0 Å². The number of ether oxygens (including phenoxy) is 1. The van der Waals surface area contributed by atoms with Gasteiger partial charge in [0, 0.05) is 16.5 Å². The zero-order valence-corrected chi connectivity index (χ0v) is 14.8. The first-order valence-electron chi connectivity index (χ1n) is 7.71. The Kier molecular flexibility index (Phi) is 6.68. The average molecular weight is 383 g/mol. The second-order valence-electron chi connectivity index (χ2n) is 5.24. The van der Waals surface area contributed by atoms with E-state index in [-0.39, 0.29) is 22.8 Å². The largest absolute Gasteiger partial charge is 0.465 e. The molecular formula is C18H16F3NO3S. The van der Waals surface area contributed by atoms with E-state index in [0.717, 1.165) is 23.9 Å². The van der Waals surface area contributed by atoms with Gasteiger partial charge in [0.25, 0.3) is 5.91 Å². The molecule has 26 heavy (non-hydrogen) atoms. The van der Waals surface area contributed by atoms with Crippen LogP contribution in [0.4, 0.5) is 18.9 Å². The van der Waals surface area contributed by atoms with Crippen LogP contribution in [0.25, 0.3) is 0 Å². The molecule has 2 rings (SSSR count). The molecular weight excluding hydrogens is 367 g/mol. The monoisotopic (exact) mass is 383 g/mol. The van der Waals surface area contributed by atoms with Crippen molar-refractivity contribution in [2.24, 2.45) is 0 Å². The van der Waals surface area contributed by atoms with Crippen molar-refractivity contribution in [1.82, 2.24) is 0 Å². The second kappa shape index (κ2) is 8.75. The van der Waals surface area contributed by atoms with Crippen molar-refractivity contribution in [3.63, 3.8) is 0 Å². The number of carbonyl (C=O) groups excluding carboxylic acids is 2. The van der Waals surface area contributed by atoms with Gasteiger partial charge in [-0.05, 0) is 38.1 Å². The lowest BCUT2D eigenvalue weighted by Gasteiger charge is -2.13. The maximum Gasteiger partial charge on any atom is 0.319 e. The molecule has 0 saturated heterocycles. The third-order valence-electron chi connectivity index (χ3n) is 3.28. The van der Waals surface area contributed by atoms with Crippen molar-refractivity contribution in [1.29, 1.82) is 0 Å². The number of nitrogens with one attached hydrogen (secondary N) is 1. The Morgan fingerprint density at radius 2 is 1.88 bits per heavy atom. The van der Waals surface area contributed by atoms with Gasteiger partial charge >= 0.3 is 5.97 Å². The lowest BCUT2D eigenvalue weighted by Crippen LogP contribution is -2.17. The molecule has 1 unspecified atom stereocenters. The van der Waals surface area contributed by atoms with Crippen molar-refractivity contribution in [2.75, 3.05) is 11.9 Å². The molecule has 2 aromatic carbocycles. The molecule has 0 spiro atoms. The van der Waals surface area contributed by atoms with E-state index in [2.05, 4.69) is 5.32 Å². The number of esters is 1. The summed E-state index contributed by atoms with van der Waals surface area (Å²) in [4.78, 5) is 23.7. The first-order chi connectivity index (χ1) is 12.3. The smallest absolute Gasteiger partial charge is 0.319 e. The van der Waals surface area contributed by atoms with Gasteiger partial charge in [-0.15, -0.1) is 11.8 Å². The Hall–Kier alpha value is -2.48. The lowest BCUT2D eigenvalue weighted by atomic mass is 10.2. The minimum atomic E-state index is -0.986. The van der Waals surface area contributed by atoms with E-state index in [1.165, 1.54) is 25.1 Å². The molecule has 138 valence electrons. The van der Waals surface area contributed by atoms with Gasteiger partial charge in [0.2, 0.25) is 0 Å². The normalized spacial score (nSPS) is 11.7. The summed E-state index contributed by atoms with van der Waals surface area (Å²) in [5.74, 6) is -3.75. The SMILES string of the molecule is CCOC(=O)C(C)Sc1cc(NC(=O)c2cccc(F)c2)c(F)cc1F. The minimum absolute atomic E-state index is 0.0113. The summed E-state index contributed by atoms with van der Waals surface area (Å²) in [6.45, 7) is 3.36. The van der Waals surface area contributed by atoms with E-state index in [4.69, 9.17) is 4.74 Å². The van der Waals surface area contributed by atoms with Gasteiger partial charge in [-0.25, -0.2) is 13.2 Å². The van der Waals surface area contributed by atoms with Crippen LogP contribution in [0.15, 0.2) is 41.3 Å². The molecule has 0 heterocycles. The Morgan fingerprint density at radius 1 is 1.15 bits per heavy atom. The highest BCUT2D eigenvalue weighted by Gasteiger charge is 2.20. The first-order valence-corrected chi connectivity index (χ1v) is 8.59. The standard InChI is InChI=1S/C18H16F3NO3S/c1-3-25-18(24)10(2)26-16-9-15(13(20)8-14(16)21)22-17(23)11-5-4-6-12(19)7-11/h4-10H,3H2,1-2H3,(H,22,23). The zero-order valence-electron chi connectivity index (χ0n) is 14.0. The molecule has 0 fully saturated rings. The van der Waals surface area contributed by atoms with Crippen molar-refractivity contribution >= 4 is 29.3 Å². The zero-order chi connectivity index (χ0) is 19.3. The van der Waals surface area contributed by atoms with Crippen LogP contribution < -0.4 is 5.32 Å². The molecule has 1 atom stereocenters. The van der Waals surface area contributed by atoms with Crippen molar-refractivity contribution in [3.8, 4) is 0 Å². The number of carbonyl (C=O) groups is 2. The van der Waals surface area contributed by atoms with Gasteiger partial charge in [0.15, 0.2) is 0 Å². The topological polar surface area (TPSA) is 55.4 Å². The van der Waals surface area contributed by atoms with E-state index >= 15 is 0 Å². The van der Waals surface area contributed by atoms with Crippen LogP contribution in [0.2, 0.25) is 0 Å². The highest BCUT2D eigenvalue weighted by molar-refractivity contribution is 8.00. The second-order valence-corrected chi connectivity index (χ2v) is 6.62. The number of hydrogen-bond acceptors (Lipinski definition) is 4.